The molecule has 11 heteroatoms. The van der Waals surface area contributed by atoms with E-state index in [1.54, 1.807) is 13.8 Å². The zero-order valence-corrected chi connectivity index (χ0v) is 19.2. The maximum Gasteiger partial charge on any atom is 0.252 e. The van der Waals surface area contributed by atoms with Gasteiger partial charge >= 0.3 is 0 Å². The molecule has 0 heterocycles. The molecule has 0 aliphatic heterocycles. The second-order valence-electron chi connectivity index (χ2n) is 6.80. The van der Waals surface area contributed by atoms with Gasteiger partial charge in [0.15, 0.2) is 0 Å². The Morgan fingerprint density at radius 3 is 1.44 bits per heavy atom. The summed E-state index contributed by atoms with van der Waals surface area (Å²) >= 11 is 0. The van der Waals surface area contributed by atoms with E-state index in [4.69, 9.17) is 15.3 Å². The van der Waals surface area contributed by atoms with Crippen LogP contribution < -0.4 is 16.0 Å². The summed E-state index contributed by atoms with van der Waals surface area (Å²) in [7, 11) is 0. The van der Waals surface area contributed by atoms with E-state index >= 15 is 0 Å². The van der Waals surface area contributed by atoms with E-state index in [2.05, 4.69) is 16.0 Å². The van der Waals surface area contributed by atoms with Crippen LogP contribution in [0.3, 0.4) is 0 Å². The maximum absolute atomic E-state index is 12.7. The monoisotopic (exact) mass is 457 g/mol. The Kier molecular flexibility index (Phi) is 13.3. The number of rotatable bonds is 10. The van der Waals surface area contributed by atoms with Crippen LogP contribution in [0.2, 0.25) is 0 Å². The molecular formula is C21H35N3O8. The van der Waals surface area contributed by atoms with Crippen LogP contribution in [0.25, 0.3) is 0 Å². The standard InChI is InChI=1S/C19H29N3O8.C2H6/c1-9-15(18(29)20-4-12(26)6-23)10(2)17(22-14(28)8-25)11(3)16(9)19(30)21-5-13(27)7-24;1-2/h12-13,23-27H,4-8H2,1-3H3,(H,20,29)(H,21,30)(H,22,28);1-2H3. The molecule has 182 valence electrons. The molecule has 0 aliphatic rings. The van der Waals surface area contributed by atoms with Crippen LogP contribution in [0, 0.1) is 20.8 Å². The highest BCUT2D eigenvalue weighted by atomic mass is 16.3. The molecule has 0 aromatic heterocycles. The van der Waals surface area contributed by atoms with E-state index in [1.807, 2.05) is 13.8 Å². The molecule has 0 radical (unpaired) electrons. The lowest BCUT2D eigenvalue weighted by Crippen LogP contribution is -2.37. The summed E-state index contributed by atoms with van der Waals surface area (Å²) in [5.41, 5.74) is 1.29. The van der Waals surface area contributed by atoms with Crippen molar-refractivity contribution >= 4 is 23.4 Å². The highest BCUT2D eigenvalue weighted by Crippen LogP contribution is 2.31. The summed E-state index contributed by atoms with van der Waals surface area (Å²) in [6, 6.07) is 0. The number of aliphatic hydroxyl groups is 5. The minimum absolute atomic E-state index is 0.0758. The third-order valence-corrected chi connectivity index (χ3v) is 4.53. The summed E-state index contributed by atoms with van der Waals surface area (Å²) in [4.78, 5) is 37.2. The molecule has 32 heavy (non-hydrogen) atoms. The quantitative estimate of drug-likeness (QED) is 0.213. The molecule has 2 unspecified atom stereocenters. The van der Waals surface area contributed by atoms with Crippen LogP contribution in [0.1, 0.15) is 51.3 Å². The largest absolute Gasteiger partial charge is 0.394 e. The average Bonchev–Trinajstić information content (AvgIpc) is 2.79. The van der Waals surface area contributed by atoms with E-state index in [-0.39, 0.29) is 29.9 Å². The molecule has 0 saturated carbocycles. The molecular weight excluding hydrogens is 422 g/mol. The minimum atomic E-state index is -1.17. The van der Waals surface area contributed by atoms with Gasteiger partial charge in [-0.25, -0.2) is 0 Å². The number of benzene rings is 1. The smallest absolute Gasteiger partial charge is 0.252 e. The summed E-state index contributed by atoms with van der Waals surface area (Å²) in [5, 5.41) is 53.2. The lowest BCUT2D eigenvalue weighted by atomic mass is 9.90. The van der Waals surface area contributed by atoms with Crippen LogP contribution in [0.15, 0.2) is 0 Å². The second kappa shape index (κ2) is 14.5. The molecule has 2 atom stereocenters. The van der Waals surface area contributed by atoms with Crippen molar-refractivity contribution in [1.82, 2.24) is 10.6 Å². The number of carbonyl (C=O) groups excluding carboxylic acids is 3. The van der Waals surface area contributed by atoms with Crippen molar-refractivity contribution < 1.29 is 39.9 Å². The van der Waals surface area contributed by atoms with Gasteiger partial charge in [-0.1, -0.05) is 13.8 Å². The lowest BCUT2D eigenvalue weighted by molar-refractivity contribution is -0.118. The Morgan fingerprint density at radius 1 is 0.750 bits per heavy atom. The van der Waals surface area contributed by atoms with Gasteiger partial charge in [0.2, 0.25) is 5.91 Å². The lowest BCUT2D eigenvalue weighted by Gasteiger charge is -2.22. The fourth-order valence-corrected chi connectivity index (χ4v) is 2.99. The molecule has 0 saturated heterocycles. The summed E-state index contributed by atoms with van der Waals surface area (Å²) < 4.78 is 0. The Labute approximate surface area is 187 Å². The SMILES string of the molecule is CC.Cc1c(NC(=O)CO)c(C)c(C(=O)NCC(O)CO)c(C)c1C(=O)NCC(O)CO. The van der Waals surface area contributed by atoms with Gasteiger partial charge < -0.3 is 41.5 Å². The van der Waals surface area contributed by atoms with Crippen LogP contribution in [-0.2, 0) is 4.79 Å². The van der Waals surface area contributed by atoms with Gasteiger partial charge in [-0.15, -0.1) is 0 Å². The molecule has 1 aromatic rings. The topological polar surface area (TPSA) is 188 Å². The van der Waals surface area contributed by atoms with Gasteiger partial charge in [-0.2, -0.15) is 0 Å². The highest BCUT2D eigenvalue weighted by molar-refractivity contribution is 6.07. The predicted octanol–water partition coefficient (Wildman–Crippen LogP) is -1.27. The van der Waals surface area contributed by atoms with Crippen LogP contribution >= 0.6 is 0 Å². The van der Waals surface area contributed by atoms with Crippen molar-refractivity contribution in [2.45, 2.75) is 46.8 Å². The number of anilines is 1. The molecule has 11 nitrogen and oxygen atoms in total. The number of aliphatic hydroxyl groups excluding tert-OH is 5. The van der Waals surface area contributed by atoms with E-state index in [0.29, 0.717) is 16.7 Å². The van der Waals surface area contributed by atoms with Crippen molar-refractivity contribution in [2.24, 2.45) is 0 Å². The summed E-state index contributed by atoms with van der Waals surface area (Å²) in [6.45, 7) is 6.28. The first-order valence-electron chi connectivity index (χ1n) is 10.3. The Bertz CT molecular complexity index is 745. The fourth-order valence-electron chi connectivity index (χ4n) is 2.99. The third kappa shape index (κ3) is 7.84. The first-order chi connectivity index (χ1) is 15.1. The molecule has 0 aliphatic carbocycles. The van der Waals surface area contributed by atoms with Crippen molar-refractivity contribution in [3.8, 4) is 0 Å². The van der Waals surface area contributed by atoms with E-state index < -0.39 is 49.8 Å². The molecule has 0 spiro atoms. The molecule has 0 fully saturated rings. The third-order valence-electron chi connectivity index (χ3n) is 4.53. The Morgan fingerprint density at radius 2 is 1.12 bits per heavy atom. The fraction of sp³-hybridized carbons (Fsp3) is 0.571. The van der Waals surface area contributed by atoms with Gasteiger partial charge in [0.05, 0.1) is 25.4 Å². The van der Waals surface area contributed by atoms with Crippen molar-refractivity contribution in [2.75, 3.05) is 38.2 Å². The molecule has 1 aromatic carbocycles. The number of nitrogens with one attached hydrogen (secondary N) is 3. The van der Waals surface area contributed by atoms with E-state index in [0.717, 1.165) is 0 Å². The van der Waals surface area contributed by atoms with E-state index in [1.165, 1.54) is 6.92 Å². The average molecular weight is 458 g/mol. The van der Waals surface area contributed by atoms with Gasteiger partial charge in [-0.3, -0.25) is 14.4 Å². The molecule has 3 amide bonds. The van der Waals surface area contributed by atoms with E-state index in [9.17, 15) is 24.6 Å². The summed E-state index contributed by atoms with van der Waals surface area (Å²) in [5.74, 6) is -2.02. The second-order valence-corrected chi connectivity index (χ2v) is 6.80. The normalized spacial score (nSPS) is 12.2. The van der Waals surface area contributed by atoms with Crippen LogP contribution in [0.5, 0.6) is 0 Å². The molecule has 0 bridgehead atoms. The first kappa shape index (κ1) is 29.4. The van der Waals surface area contributed by atoms with Crippen molar-refractivity contribution in [3.63, 3.8) is 0 Å². The first-order valence-corrected chi connectivity index (χ1v) is 10.3. The van der Waals surface area contributed by atoms with Gasteiger partial charge in [0.25, 0.3) is 11.8 Å². The zero-order chi connectivity index (χ0) is 25.0. The number of hydrogen-bond acceptors (Lipinski definition) is 8. The summed E-state index contributed by atoms with van der Waals surface area (Å²) in [6.07, 6.45) is -2.34. The Hall–Kier alpha value is -2.57. The van der Waals surface area contributed by atoms with Gasteiger partial charge in [0.1, 0.15) is 6.61 Å². The van der Waals surface area contributed by atoms with Crippen molar-refractivity contribution in [1.29, 1.82) is 0 Å². The zero-order valence-electron chi connectivity index (χ0n) is 19.2. The van der Waals surface area contributed by atoms with Gasteiger partial charge in [-0.05, 0) is 37.5 Å². The Balaban J connectivity index is 0.00000466. The number of amides is 3. The van der Waals surface area contributed by atoms with Crippen LogP contribution in [-0.4, -0.2) is 88.4 Å². The van der Waals surface area contributed by atoms with Gasteiger partial charge in [0, 0.05) is 29.9 Å². The molecule has 1 rings (SSSR count). The minimum Gasteiger partial charge on any atom is -0.394 e. The number of carbonyl (C=O) groups is 3. The number of hydrogen-bond donors (Lipinski definition) is 8. The predicted molar refractivity (Wildman–Crippen MR) is 119 cm³/mol. The maximum atomic E-state index is 12.7. The molecule has 8 N–H and O–H groups in total. The van der Waals surface area contributed by atoms with Crippen molar-refractivity contribution in [3.05, 3.63) is 27.8 Å². The highest BCUT2D eigenvalue weighted by Gasteiger charge is 2.26. The van der Waals surface area contributed by atoms with Crippen LogP contribution in [0.4, 0.5) is 5.69 Å².